The maximum Gasteiger partial charge on any atom is 0.307 e. The predicted molar refractivity (Wildman–Crippen MR) is 74.5 cm³/mol. The molecule has 19 heavy (non-hydrogen) atoms. The van der Waals surface area contributed by atoms with E-state index in [2.05, 4.69) is 0 Å². The maximum atomic E-state index is 13.3. The van der Waals surface area contributed by atoms with Crippen LogP contribution in [0, 0.1) is 5.82 Å². The third-order valence-electron chi connectivity index (χ3n) is 2.31. The van der Waals surface area contributed by atoms with E-state index in [0.717, 1.165) is 12.0 Å². The van der Waals surface area contributed by atoms with Crippen LogP contribution < -0.4 is 0 Å². The number of allylic oxidation sites excluding steroid dienone is 1. The zero-order valence-electron chi connectivity index (χ0n) is 10.6. The van der Waals surface area contributed by atoms with Gasteiger partial charge in [0.1, 0.15) is 5.82 Å². The van der Waals surface area contributed by atoms with Crippen molar-refractivity contribution < 1.29 is 19.1 Å². The summed E-state index contributed by atoms with van der Waals surface area (Å²) in [7, 11) is 0. The Morgan fingerprint density at radius 1 is 1.42 bits per heavy atom. The van der Waals surface area contributed by atoms with Gasteiger partial charge in [0, 0.05) is 12.7 Å². The molecule has 0 amide bonds. The summed E-state index contributed by atoms with van der Waals surface area (Å²) < 4.78 is 13.3. The van der Waals surface area contributed by atoms with E-state index in [9.17, 15) is 14.0 Å². The first-order chi connectivity index (χ1) is 8.99. The molecule has 5 heteroatoms. The molecule has 0 aromatic heterocycles. The van der Waals surface area contributed by atoms with Crippen LogP contribution in [0.3, 0.4) is 0 Å². The van der Waals surface area contributed by atoms with Gasteiger partial charge in [0.05, 0.1) is 6.42 Å². The third kappa shape index (κ3) is 6.20. The molecule has 102 valence electrons. The van der Waals surface area contributed by atoms with Crippen LogP contribution in [0.2, 0.25) is 0 Å². The van der Waals surface area contributed by atoms with Crippen LogP contribution in [0.25, 0.3) is 6.08 Å². The highest BCUT2D eigenvalue weighted by Gasteiger charge is 2.06. The molecule has 1 N–H and O–H groups in total. The topological polar surface area (TPSA) is 54.4 Å². The Balaban J connectivity index is 2.61. The van der Waals surface area contributed by atoms with E-state index in [0.29, 0.717) is 5.75 Å². The molecule has 0 atom stereocenters. The normalized spacial score (nSPS) is 10.8. The van der Waals surface area contributed by atoms with Crippen LogP contribution in [0.1, 0.15) is 24.5 Å². The van der Waals surface area contributed by atoms with E-state index in [4.69, 9.17) is 5.11 Å². The number of carbonyl (C=O) groups is 2. The summed E-state index contributed by atoms with van der Waals surface area (Å²) in [6.07, 6.45) is 4.09. The molecule has 0 aliphatic rings. The SMILES string of the molecule is CC(=O)SCCC=Cc1ccc(F)c(CC(=O)O)c1. The monoisotopic (exact) mass is 282 g/mol. The lowest BCUT2D eigenvalue weighted by Crippen LogP contribution is -2.02. The van der Waals surface area contributed by atoms with Gasteiger partial charge in [0.15, 0.2) is 5.12 Å². The smallest absolute Gasteiger partial charge is 0.307 e. The summed E-state index contributed by atoms with van der Waals surface area (Å²) in [5.74, 6) is -0.862. The number of carbonyl (C=O) groups excluding carboxylic acids is 1. The zero-order valence-corrected chi connectivity index (χ0v) is 11.4. The van der Waals surface area contributed by atoms with Crippen molar-refractivity contribution in [3.05, 3.63) is 41.2 Å². The van der Waals surface area contributed by atoms with Gasteiger partial charge in [-0.3, -0.25) is 9.59 Å². The number of thioether (sulfide) groups is 1. The molecule has 0 saturated heterocycles. The van der Waals surface area contributed by atoms with Crippen molar-refractivity contribution in [2.75, 3.05) is 5.75 Å². The minimum Gasteiger partial charge on any atom is -0.481 e. The van der Waals surface area contributed by atoms with E-state index in [1.165, 1.54) is 30.8 Å². The number of halogens is 1. The number of carboxylic acid groups (broad SMARTS) is 1. The van der Waals surface area contributed by atoms with Crippen LogP contribution >= 0.6 is 11.8 Å². The van der Waals surface area contributed by atoms with Gasteiger partial charge < -0.3 is 5.11 Å². The number of hydrogen-bond acceptors (Lipinski definition) is 3. The number of hydrogen-bond donors (Lipinski definition) is 1. The second-order valence-electron chi connectivity index (χ2n) is 3.95. The highest BCUT2D eigenvalue weighted by atomic mass is 32.2. The van der Waals surface area contributed by atoms with Gasteiger partial charge in [-0.25, -0.2) is 4.39 Å². The van der Waals surface area contributed by atoms with E-state index in [1.807, 2.05) is 6.08 Å². The van der Waals surface area contributed by atoms with Gasteiger partial charge in [0.25, 0.3) is 0 Å². The average Bonchev–Trinajstić information content (AvgIpc) is 2.31. The van der Waals surface area contributed by atoms with Crippen molar-refractivity contribution in [2.24, 2.45) is 0 Å². The fourth-order valence-corrected chi connectivity index (χ4v) is 2.03. The second-order valence-corrected chi connectivity index (χ2v) is 5.22. The second kappa shape index (κ2) is 7.74. The standard InChI is InChI=1S/C14H15FO3S/c1-10(16)19-7-3-2-4-11-5-6-13(15)12(8-11)9-14(17)18/h2,4-6,8H,3,7,9H2,1H3,(H,17,18). The number of benzene rings is 1. The van der Waals surface area contributed by atoms with Gasteiger partial charge in [0.2, 0.25) is 0 Å². The van der Waals surface area contributed by atoms with Crippen LogP contribution in [-0.4, -0.2) is 21.9 Å². The average molecular weight is 282 g/mol. The van der Waals surface area contributed by atoms with Gasteiger partial charge in [-0.05, 0) is 29.7 Å². The lowest BCUT2D eigenvalue weighted by atomic mass is 10.1. The summed E-state index contributed by atoms with van der Waals surface area (Å²) in [4.78, 5) is 21.3. The molecule has 0 fully saturated rings. The number of carboxylic acids is 1. The molecule has 1 rings (SSSR count). The molecular formula is C14H15FO3S. The summed E-state index contributed by atoms with van der Waals surface area (Å²) in [5.41, 5.74) is 0.929. The van der Waals surface area contributed by atoms with Crippen molar-refractivity contribution in [3.63, 3.8) is 0 Å². The third-order valence-corrected chi connectivity index (χ3v) is 3.16. The molecule has 0 unspecified atom stereocenters. The first-order valence-corrected chi connectivity index (χ1v) is 6.77. The quantitative estimate of drug-likeness (QED) is 0.814. The van der Waals surface area contributed by atoms with Crippen molar-refractivity contribution >= 4 is 28.9 Å². The fraction of sp³-hybridized carbons (Fsp3) is 0.286. The molecule has 0 heterocycles. The minimum absolute atomic E-state index is 0.0823. The summed E-state index contributed by atoms with van der Waals surface area (Å²) in [6, 6.07) is 4.38. The molecule has 0 spiro atoms. The van der Waals surface area contributed by atoms with Crippen LogP contribution in [-0.2, 0) is 16.0 Å². The summed E-state index contributed by atoms with van der Waals surface area (Å²) in [6.45, 7) is 1.52. The molecule has 1 aromatic carbocycles. The number of rotatable bonds is 6. The molecule has 1 aromatic rings. The first-order valence-electron chi connectivity index (χ1n) is 5.79. The van der Waals surface area contributed by atoms with Gasteiger partial charge >= 0.3 is 5.97 Å². The van der Waals surface area contributed by atoms with Crippen molar-refractivity contribution in [1.29, 1.82) is 0 Å². The van der Waals surface area contributed by atoms with E-state index < -0.39 is 11.8 Å². The molecule has 3 nitrogen and oxygen atoms in total. The Labute approximate surface area is 115 Å². The molecule has 0 saturated carbocycles. The predicted octanol–water partition coefficient (Wildman–Crippen LogP) is 3.14. The van der Waals surface area contributed by atoms with Gasteiger partial charge in [-0.15, -0.1) is 0 Å². The Morgan fingerprint density at radius 3 is 2.79 bits per heavy atom. The molecule has 0 radical (unpaired) electrons. The highest BCUT2D eigenvalue weighted by molar-refractivity contribution is 8.13. The lowest BCUT2D eigenvalue weighted by molar-refractivity contribution is -0.136. The summed E-state index contributed by atoms with van der Waals surface area (Å²) in [5, 5.41) is 8.74. The fourth-order valence-electron chi connectivity index (χ4n) is 1.49. The van der Waals surface area contributed by atoms with Crippen LogP contribution in [0.15, 0.2) is 24.3 Å². The molecular weight excluding hydrogens is 267 g/mol. The molecule has 0 bridgehead atoms. The van der Waals surface area contributed by atoms with E-state index in [1.54, 1.807) is 12.1 Å². The lowest BCUT2D eigenvalue weighted by Gasteiger charge is -2.01. The Bertz CT molecular complexity index is 497. The van der Waals surface area contributed by atoms with Crippen molar-refractivity contribution in [2.45, 2.75) is 19.8 Å². The zero-order chi connectivity index (χ0) is 14.3. The highest BCUT2D eigenvalue weighted by Crippen LogP contribution is 2.13. The van der Waals surface area contributed by atoms with E-state index >= 15 is 0 Å². The first kappa shape index (κ1) is 15.4. The van der Waals surface area contributed by atoms with Crippen LogP contribution in [0.5, 0.6) is 0 Å². The Hall–Kier alpha value is -1.62. The Morgan fingerprint density at radius 2 is 2.16 bits per heavy atom. The minimum atomic E-state index is -1.06. The summed E-state index contributed by atoms with van der Waals surface area (Å²) >= 11 is 1.25. The van der Waals surface area contributed by atoms with E-state index in [-0.39, 0.29) is 17.1 Å². The van der Waals surface area contributed by atoms with Crippen molar-refractivity contribution in [1.82, 2.24) is 0 Å². The van der Waals surface area contributed by atoms with Gasteiger partial charge in [-0.2, -0.15) is 0 Å². The number of aliphatic carboxylic acids is 1. The largest absolute Gasteiger partial charge is 0.481 e. The van der Waals surface area contributed by atoms with Gasteiger partial charge in [-0.1, -0.05) is 30.0 Å². The maximum absolute atomic E-state index is 13.3. The molecule has 0 aliphatic heterocycles. The Kier molecular flexibility index (Phi) is 6.29. The van der Waals surface area contributed by atoms with Crippen LogP contribution in [0.4, 0.5) is 4.39 Å². The molecule has 0 aliphatic carbocycles. The van der Waals surface area contributed by atoms with Crippen molar-refractivity contribution in [3.8, 4) is 0 Å².